The Morgan fingerprint density at radius 1 is 1.00 bits per heavy atom. The van der Waals surface area contributed by atoms with E-state index < -0.39 is 17.4 Å². The molecule has 0 unspecified atom stereocenters. The third-order valence-electron chi connectivity index (χ3n) is 3.38. The monoisotopic (exact) mass is 320 g/mol. The van der Waals surface area contributed by atoms with Gasteiger partial charge < -0.3 is 0 Å². The molecule has 0 N–H and O–H groups in total. The highest BCUT2D eigenvalue weighted by molar-refractivity contribution is 5.22. The summed E-state index contributed by atoms with van der Waals surface area (Å²) < 4.78 is 45.3. The summed E-state index contributed by atoms with van der Waals surface area (Å²) in [5, 5.41) is 3.66. The maximum Gasteiger partial charge on any atom is 0.441 e. The summed E-state index contributed by atoms with van der Waals surface area (Å²) in [6.45, 7) is -0.134. The van der Waals surface area contributed by atoms with Gasteiger partial charge in [0.2, 0.25) is 0 Å². The lowest BCUT2D eigenvalue weighted by molar-refractivity contribution is 0.374. The van der Waals surface area contributed by atoms with Gasteiger partial charge in [0.25, 0.3) is 0 Å². The van der Waals surface area contributed by atoms with E-state index in [9.17, 15) is 18.0 Å². The molecule has 0 bridgehead atoms. The van der Waals surface area contributed by atoms with Crippen molar-refractivity contribution in [3.63, 3.8) is 0 Å². The number of rotatable bonds is 4. The molecule has 0 atom stereocenters. The number of hydrogen-bond donors (Lipinski definition) is 0. The van der Waals surface area contributed by atoms with Crippen LogP contribution in [-0.2, 0) is 13.0 Å². The van der Waals surface area contributed by atoms with Crippen molar-refractivity contribution in [2.45, 2.75) is 13.0 Å². The zero-order valence-corrected chi connectivity index (χ0v) is 11.8. The van der Waals surface area contributed by atoms with Crippen molar-refractivity contribution in [1.29, 1.82) is 0 Å². The van der Waals surface area contributed by atoms with Crippen LogP contribution < -0.4 is 5.76 Å². The highest BCUT2D eigenvalue weighted by Gasteiger charge is 2.14. The van der Waals surface area contributed by atoms with Gasteiger partial charge in [-0.2, -0.15) is 0 Å². The molecule has 3 rings (SSSR count). The average Bonchev–Trinajstić information content (AvgIpc) is 2.85. The molecule has 7 heteroatoms. The maximum absolute atomic E-state index is 13.7. The van der Waals surface area contributed by atoms with Crippen LogP contribution in [-0.4, -0.2) is 9.72 Å². The van der Waals surface area contributed by atoms with E-state index in [1.54, 1.807) is 12.1 Å². The first kappa shape index (κ1) is 15.1. The summed E-state index contributed by atoms with van der Waals surface area (Å²) in [4.78, 5) is 11.7. The van der Waals surface area contributed by atoms with Gasteiger partial charge in [-0.05, 0) is 23.8 Å². The summed E-state index contributed by atoms with van der Waals surface area (Å²) in [6, 6.07) is 8.79. The summed E-state index contributed by atoms with van der Waals surface area (Å²) >= 11 is 0. The first-order valence-electron chi connectivity index (χ1n) is 6.76. The van der Waals surface area contributed by atoms with Crippen LogP contribution in [0.3, 0.4) is 0 Å². The van der Waals surface area contributed by atoms with Crippen LogP contribution in [0.4, 0.5) is 13.2 Å². The standard InChI is InChI=1S/C16H11F3N2O2/c17-12-4-1-10(2-5-12)7-15-20-23-16(22)21(15)9-11-3-6-13(18)8-14(11)19/h1-6,8H,7,9H2. The normalized spacial score (nSPS) is 10.9. The van der Waals surface area contributed by atoms with E-state index in [0.29, 0.717) is 5.56 Å². The molecule has 0 fully saturated rings. The smallest absolute Gasteiger partial charge is 0.296 e. The van der Waals surface area contributed by atoms with Gasteiger partial charge in [0.1, 0.15) is 17.5 Å². The van der Waals surface area contributed by atoms with Gasteiger partial charge in [0.15, 0.2) is 5.82 Å². The highest BCUT2D eigenvalue weighted by atomic mass is 19.1. The van der Waals surface area contributed by atoms with Crippen molar-refractivity contribution < 1.29 is 17.7 Å². The van der Waals surface area contributed by atoms with Crippen molar-refractivity contribution in [3.8, 4) is 0 Å². The van der Waals surface area contributed by atoms with E-state index in [4.69, 9.17) is 0 Å². The molecule has 0 radical (unpaired) electrons. The van der Waals surface area contributed by atoms with Crippen LogP contribution in [0.15, 0.2) is 51.8 Å². The Morgan fingerprint density at radius 2 is 1.70 bits per heavy atom. The topological polar surface area (TPSA) is 48.0 Å². The van der Waals surface area contributed by atoms with E-state index >= 15 is 0 Å². The SMILES string of the molecule is O=c1onc(Cc2ccc(F)cc2)n1Cc1ccc(F)cc1F. The first-order chi connectivity index (χ1) is 11.0. The Hall–Kier alpha value is -2.83. The molecule has 0 amide bonds. The lowest BCUT2D eigenvalue weighted by atomic mass is 10.1. The number of hydrogen-bond acceptors (Lipinski definition) is 3. The second kappa shape index (κ2) is 6.12. The first-order valence-corrected chi connectivity index (χ1v) is 6.76. The van der Waals surface area contributed by atoms with Crippen molar-refractivity contribution >= 4 is 0 Å². The molecule has 0 aliphatic carbocycles. The predicted molar refractivity (Wildman–Crippen MR) is 75.4 cm³/mol. The Kier molecular flexibility index (Phi) is 4.01. The number of nitrogens with zero attached hydrogens (tertiary/aromatic N) is 2. The second-order valence-electron chi connectivity index (χ2n) is 4.99. The molecular weight excluding hydrogens is 309 g/mol. The molecule has 2 aromatic carbocycles. The van der Waals surface area contributed by atoms with Crippen LogP contribution in [0, 0.1) is 17.5 Å². The van der Waals surface area contributed by atoms with Crippen LogP contribution in [0.25, 0.3) is 0 Å². The number of aromatic nitrogens is 2. The van der Waals surface area contributed by atoms with Crippen molar-refractivity contribution in [3.05, 3.63) is 87.4 Å². The zero-order valence-electron chi connectivity index (χ0n) is 11.8. The van der Waals surface area contributed by atoms with Gasteiger partial charge >= 0.3 is 5.76 Å². The van der Waals surface area contributed by atoms with Gasteiger partial charge in [-0.25, -0.2) is 18.0 Å². The minimum absolute atomic E-state index is 0.134. The summed E-state index contributed by atoms with van der Waals surface area (Å²) in [7, 11) is 0. The molecule has 0 aliphatic heterocycles. The van der Waals surface area contributed by atoms with E-state index in [-0.39, 0.29) is 30.2 Å². The third kappa shape index (κ3) is 3.33. The molecule has 0 saturated carbocycles. The Bertz CT molecular complexity index is 885. The third-order valence-corrected chi connectivity index (χ3v) is 3.38. The Labute approximate surface area is 128 Å². The molecule has 0 saturated heterocycles. The van der Waals surface area contributed by atoms with Gasteiger partial charge in [0, 0.05) is 18.1 Å². The fraction of sp³-hybridized carbons (Fsp3) is 0.125. The van der Waals surface area contributed by atoms with Crippen molar-refractivity contribution in [1.82, 2.24) is 9.72 Å². The van der Waals surface area contributed by atoms with E-state index in [1.165, 1.54) is 18.2 Å². The molecule has 4 nitrogen and oxygen atoms in total. The summed E-state index contributed by atoms with van der Waals surface area (Å²) in [5.74, 6) is -2.31. The fourth-order valence-corrected chi connectivity index (χ4v) is 2.18. The Balaban J connectivity index is 1.89. The minimum Gasteiger partial charge on any atom is -0.296 e. The fourth-order valence-electron chi connectivity index (χ4n) is 2.18. The van der Waals surface area contributed by atoms with Gasteiger partial charge in [-0.3, -0.25) is 9.09 Å². The van der Waals surface area contributed by atoms with Gasteiger partial charge in [0.05, 0.1) is 6.54 Å². The molecular formula is C16H11F3N2O2. The molecule has 0 spiro atoms. The van der Waals surface area contributed by atoms with Crippen LogP contribution >= 0.6 is 0 Å². The number of halogens is 3. The maximum atomic E-state index is 13.7. The van der Waals surface area contributed by atoms with E-state index in [0.717, 1.165) is 16.7 Å². The van der Waals surface area contributed by atoms with Crippen LogP contribution in [0.5, 0.6) is 0 Å². The molecule has 0 aliphatic rings. The molecule has 3 aromatic rings. The van der Waals surface area contributed by atoms with E-state index in [2.05, 4.69) is 9.68 Å². The lowest BCUT2D eigenvalue weighted by Gasteiger charge is -2.06. The highest BCUT2D eigenvalue weighted by Crippen LogP contribution is 2.13. The second-order valence-corrected chi connectivity index (χ2v) is 4.99. The molecule has 23 heavy (non-hydrogen) atoms. The minimum atomic E-state index is -0.758. The molecule has 1 heterocycles. The summed E-state index contributed by atoms with van der Waals surface area (Å²) in [5.41, 5.74) is 0.852. The molecule has 1 aromatic heterocycles. The average molecular weight is 320 g/mol. The number of benzene rings is 2. The Morgan fingerprint density at radius 3 is 2.39 bits per heavy atom. The van der Waals surface area contributed by atoms with Crippen molar-refractivity contribution in [2.75, 3.05) is 0 Å². The van der Waals surface area contributed by atoms with Crippen LogP contribution in [0.2, 0.25) is 0 Å². The lowest BCUT2D eigenvalue weighted by Crippen LogP contribution is -2.19. The van der Waals surface area contributed by atoms with E-state index in [1.807, 2.05) is 0 Å². The zero-order chi connectivity index (χ0) is 16.4. The van der Waals surface area contributed by atoms with Gasteiger partial charge in [-0.15, -0.1) is 0 Å². The van der Waals surface area contributed by atoms with Crippen molar-refractivity contribution in [2.24, 2.45) is 0 Å². The predicted octanol–water partition coefficient (Wildman–Crippen LogP) is 2.89. The quantitative estimate of drug-likeness (QED) is 0.743. The summed E-state index contributed by atoms with van der Waals surface area (Å²) in [6.07, 6.45) is 0.217. The van der Waals surface area contributed by atoms with Crippen LogP contribution in [0.1, 0.15) is 17.0 Å². The largest absolute Gasteiger partial charge is 0.441 e. The molecule has 118 valence electrons. The van der Waals surface area contributed by atoms with Gasteiger partial charge in [-0.1, -0.05) is 23.4 Å².